The minimum absolute atomic E-state index is 0.325. The molecule has 0 spiro atoms. The van der Waals surface area contributed by atoms with Crippen LogP contribution in [0.25, 0.3) is 0 Å². The molecule has 0 saturated heterocycles. The number of benzene rings is 1. The van der Waals surface area contributed by atoms with Crippen LogP contribution in [0.2, 0.25) is 0 Å². The van der Waals surface area contributed by atoms with Gasteiger partial charge in [-0.25, -0.2) is 0 Å². The maximum Gasteiger partial charge on any atom is 0.300 e. The van der Waals surface area contributed by atoms with Crippen LogP contribution < -0.4 is 9.44 Å². The van der Waals surface area contributed by atoms with E-state index in [1.807, 2.05) is 19.9 Å². The molecule has 0 saturated carbocycles. The number of anilines is 1. The Hall–Kier alpha value is -1.16. The lowest BCUT2D eigenvalue weighted by atomic mass is 10.0. The smallest absolute Gasteiger partial charge is 0.285 e. The Morgan fingerprint density at radius 2 is 1.85 bits per heavy atom. The molecule has 7 nitrogen and oxygen atoms in total. The van der Waals surface area contributed by atoms with E-state index in [-0.39, 0.29) is 0 Å². The third-order valence-electron chi connectivity index (χ3n) is 2.25. The number of nitrogens with one attached hydrogen (secondary N) is 2. The van der Waals surface area contributed by atoms with Gasteiger partial charge in [-0.05, 0) is 30.0 Å². The average molecular weight is 322 g/mol. The van der Waals surface area contributed by atoms with Gasteiger partial charge >= 0.3 is 0 Å². The molecular formula is C11H18N2O5S2. The Morgan fingerprint density at radius 3 is 2.40 bits per heavy atom. The van der Waals surface area contributed by atoms with E-state index in [4.69, 9.17) is 4.55 Å². The van der Waals surface area contributed by atoms with E-state index in [9.17, 15) is 16.8 Å². The van der Waals surface area contributed by atoms with Gasteiger partial charge in [-0.15, -0.1) is 0 Å². The van der Waals surface area contributed by atoms with E-state index in [0.29, 0.717) is 11.6 Å². The SMILES string of the molecule is CC(C)Cc1cccc(NS(=O)(=O)NCS(=O)(=O)O)c1. The molecule has 1 rings (SSSR count). The number of rotatable bonds is 7. The summed E-state index contributed by atoms with van der Waals surface area (Å²) < 4.78 is 56.6. The fraction of sp³-hybridized carbons (Fsp3) is 0.455. The average Bonchev–Trinajstić information content (AvgIpc) is 2.24. The molecule has 0 heterocycles. The molecular weight excluding hydrogens is 304 g/mol. The zero-order valence-electron chi connectivity index (χ0n) is 11.2. The van der Waals surface area contributed by atoms with Crippen LogP contribution in [-0.2, 0) is 26.7 Å². The predicted molar refractivity (Wildman–Crippen MR) is 77.1 cm³/mol. The van der Waals surface area contributed by atoms with Crippen LogP contribution in [-0.4, -0.2) is 27.3 Å². The minimum Gasteiger partial charge on any atom is -0.285 e. The third kappa shape index (κ3) is 6.85. The van der Waals surface area contributed by atoms with Gasteiger partial charge in [0.2, 0.25) is 0 Å². The Balaban J connectivity index is 2.77. The summed E-state index contributed by atoms with van der Waals surface area (Å²) >= 11 is 0. The molecule has 0 aliphatic heterocycles. The van der Waals surface area contributed by atoms with Crippen molar-refractivity contribution in [3.8, 4) is 0 Å². The van der Waals surface area contributed by atoms with Gasteiger partial charge in [-0.2, -0.15) is 21.6 Å². The molecule has 0 fully saturated rings. The van der Waals surface area contributed by atoms with Crippen molar-refractivity contribution >= 4 is 26.0 Å². The van der Waals surface area contributed by atoms with Crippen LogP contribution in [0, 0.1) is 5.92 Å². The molecule has 1 aromatic rings. The van der Waals surface area contributed by atoms with Crippen LogP contribution >= 0.6 is 0 Å². The van der Waals surface area contributed by atoms with Crippen LogP contribution in [0.3, 0.4) is 0 Å². The lowest BCUT2D eigenvalue weighted by Gasteiger charge is -2.10. The molecule has 0 aliphatic rings. The molecule has 3 N–H and O–H groups in total. The molecule has 0 amide bonds. The van der Waals surface area contributed by atoms with Crippen LogP contribution in [0.1, 0.15) is 19.4 Å². The van der Waals surface area contributed by atoms with Gasteiger partial charge in [0.25, 0.3) is 20.3 Å². The minimum atomic E-state index is -4.40. The van der Waals surface area contributed by atoms with Crippen LogP contribution in [0.4, 0.5) is 5.69 Å². The Bertz CT molecular complexity index is 653. The lowest BCUT2D eigenvalue weighted by molar-refractivity contribution is 0.480. The summed E-state index contributed by atoms with van der Waals surface area (Å²) in [6, 6.07) is 6.81. The van der Waals surface area contributed by atoms with Gasteiger partial charge in [-0.1, -0.05) is 26.0 Å². The first kappa shape index (κ1) is 16.9. The zero-order chi connectivity index (χ0) is 15.4. The molecule has 0 aliphatic carbocycles. The van der Waals surface area contributed by atoms with Gasteiger partial charge in [0.1, 0.15) is 5.88 Å². The van der Waals surface area contributed by atoms with E-state index in [2.05, 4.69) is 4.72 Å². The molecule has 1 aromatic carbocycles. The summed E-state index contributed by atoms with van der Waals surface area (Å²) in [5.41, 5.74) is 1.29. The summed E-state index contributed by atoms with van der Waals surface area (Å²) in [7, 11) is -8.46. The maximum atomic E-state index is 11.6. The van der Waals surface area contributed by atoms with Gasteiger partial charge in [0, 0.05) is 0 Å². The van der Waals surface area contributed by atoms with Crippen molar-refractivity contribution in [2.24, 2.45) is 5.92 Å². The van der Waals surface area contributed by atoms with E-state index in [1.165, 1.54) is 0 Å². The molecule has 0 radical (unpaired) electrons. The van der Waals surface area contributed by atoms with E-state index in [1.54, 1.807) is 22.9 Å². The lowest BCUT2D eigenvalue weighted by Crippen LogP contribution is -2.34. The van der Waals surface area contributed by atoms with E-state index < -0.39 is 26.2 Å². The highest BCUT2D eigenvalue weighted by molar-refractivity contribution is 7.92. The van der Waals surface area contributed by atoms with E-state index in [0.717, 1.165) is 12.0 Å². The molecule has 20 heavy (non-hydrogen) atoms. The standard InChI is InChI=1S/C11H18N2O5S2/c1-9(2)6-10-4-3-5-11(7-10)13-20(17,18)12-8-19(14,15)16/h3-5,7,9,12-13H,6,8H2,1-2H3,(H,14,15,16). The normalized spacial score (nSPS) is 12.6. The summed E-state index contributed by atoms with van der Waals surface area (Å²) in [5.74, 6) is -0.645. The third-order valence-corrected chi connectivity index (χ3v) is 3.98. The molecule has 9 heteroatoms. The quantitative estimate of drug-likeness (QED) is 0.648. The largest absolute Gasteiger partial charge is 0.300 e. The Morgan fingerprint density at radius 1 is 1.20 bits per heavy atom. The number of hydrogen-bond acceptors (Lipinski definition) is 4. The molecule has 0 bridgehead atoms. The van der Waals surface area contributed by atoms with Crippen molar-refractivity contribution in [2.45, 2.75) is 20.3 Å². The first-order chi connectivity index (χ1) is 9.07. The summed E-state index contributed by atoms with van der Waals surface area (Å²) in [5, 5.41) is 0. The fourth-order valence-electron chi connectivity index (χ4n) is 1.58. The van der Waals surface area contributed by atoms with Crippen molar-refractivity contribution < 1.29 is 21.4 Å². The van der Waals surface area contributed by atoms with Gasteiger partial charge in [0.15, 0.2) is 0 Å². The summed E-state index contributed by atoms with van der Waals surface area (Å²) in [6.07, 6.45) is 0.800. The topological polar surface area (TPSA) is 113 Å². The fourth-order valence-corrected chi connectivity index (χ4v) is 3.30. The second-order valence-electron chi connectivity index (χ2n) is 4.77. The van der Waals surface area contributed by atoms with Crippen molar-refractivity contribution in [3.63, 3.8) is 0 Å². The molecule has 0 aromatic heterocycles. The number of hydrogen-bond donors (Lipinski definition) is 3. The highest BCUT2D eigenvalue weighted by atomic mass is 32.2. The Kier molecular flexibility index (Phi) is 5.51. The van der Waals surface area contributed by atoms with Gasteiger partial charge < -0.3 is 0 Å². The first-order valence-electron chi connectivity index (χ1n) is 5.89. The molecule has 0 unspecified atom stereocenters. The highest BCUT2D eigenvalue weighted by Gasteiger charge is 2.14. The maximum absolute atomic E-state index is 11.6. The van der Waals surface area contributed by atoms with Crippen molar-refractivity contribution in [1.82, 2.24) is 4.72 Å². The second kappa shape index (κ2) is 6.53. The Labute approximate surface area is 119 Å². The van der Waals surface area contributed by atoms with Crippen LogP contribution in [0.5, 0.6) is 0 Å². The van der Waals surface area contributed by atoms with Crippen molar-refractivity contribution in [3.05, 3.63) is 29.8 Å². The molecule has 0 atom stereocenters. The van der Waals surface area contributed by atoms with Gasteiger partial charge in [0.05, 0.1) is 5.69 Å². The van der Waals surface area contributed by atoms with E-state index >= 15 is 0 Å². The molecule has 114 valence electrons. The van der Waals surface area contributed by atoms with Gasteiger partial charge in [-0.3, -0.25) is 9.27 Å². The summed E-state index contributed by atoms with van der Waals surface area (Å²) in [4.78, 5) is 0. The predicted octanol–water partition coefficient (Wildman–Crippen LogP) is 0.977. The van der Waals surface area contributed by atoms with Crippen molar-refractivity contribution in [1.29, 1.82) is 0 Å². The zero-order valence-corrected chi connectivity index (χ0v) is 12.8. The monoisotopic (exact) mass is 322 g/mol. The highest BCUT2D eigenvalue weighted by Crippen LogP contribution is 2.15. The van der Waals surface area contributed by atoms with Crippen molar-refractivity contribution in [2.75, 3.05) is 10.6 Å². The second-order valence-corrected chi connectivity index (χ2v) is 7.73. The van der Waals surface area contributed by atoms with Crippen LogP contribution in [0.15, 0.2) is 24.3 Å². The first-order valence-corrected chi connectivity index (χ1v) is 8.98. The summed E-state index contributed by atoms with van der Waals surface area (Å²) in [6.45, 7) is 4.09.